The second-order valence-corrected chi connectivity index (χ2v) is 4.87. The lowest BCUT2D eigenvalue weighted by atomic mass is 10.2. The van der Waals surface area contributed by atoms with Gasteiger partial charge in [0.2, 0.25) is 11.7 Å². The summed E-state index contributed by atoms with van der Waals surface area (Å²) in [4.78, 5) is 17.0. The standard InChI is InChI=1S/C14H15N7O3/c22-9-13-16-11(19-24-13)6-7-15-12(23)8-21-18-14(17-20-21)10-4-2-1-3-5-10/h1-5,22H,6-9H2,(H,15,23). The van der Waals surface area contributed by atoms with Gasteiger partial charge in [-0.2, -0.15) is 9.78 Å². The molecule has 1 amide bonds. The fourth-order valence-corrected chi connectivity index (χ4v) is 1.97. The minimum atomic E-state index is -0.304. The van der Waals surface area contributed by atoms with Crippen molar-refractivity contribution in [1.29, 1.82) is 0 Å². The van der Waals surface area contributed by atoms with Crippen molar-refractivity contribution in [3.63, 3.8) is 0 Å². The maximum atomic E-state index is 11.9. The molecule has 0 aliphatic rings. The first-order valence-corrected chi connectivity index (χ1v) is 7.27. The molecule has 0 bridgehead atoms. The molecule has 0 atom stereocenters. The Hall–Kier alpha value is -3.14. The Bertz CT molecular complexity index is 800. The highest BCUT2D eigenvalue weighted by Crippen LogP contribution is 2.11. The van der Waals surface area contributed by atoms with Crippen LogP contribution in [0, 0.1) is 0 Å². The van der Waals surface area contributed by atoms with E-state index in [1.807, 2.05) is 30.3 Å². The lowest BCUT2D eigenvalue weighted by Crippen LogP contribution is -2.30. The number of hydrogen-bond acceptors (Lipinski definition) is 8. The minimum absolute atomic E-state index is 0.0338. The zero-order chi connectivity index (χ0) is 16.8. The third kappa shape index (κ3) is 3.98. The molecule has 0 unspecified atom stereocenters. The highest BCUT2D eigenvalue weighted by molar-refractivity contribution is 5.75. The molecule has 2 aromatic heterocycles. The monoisotopic (exact) mass is 329 g/mol. The maximum absolute atomic E-state index is 11.9. The Balaban J connectivity index is 1.47. The number of benzene rings is 1. The van der Waals surface area contributed by atoms with Crippen LogP contribution in [0.5, 0.6) is 0 Å². The molecule has 0 radical (unpaired) electrons. The van der Waals surface area contributed by atoms with E-state index in [9.17, 15) is 4.79 Å². The molecule has 2 heterocycles. The van der Waals surface area contributed by atoms with Crippen LogP contribution in [0.25, 0.3) is 11.4 Å². The zero-order valence-electron chi connectivity index (χ0n) is 12.7. The smallest absolute Gasteiger partial charge is 0.252 e. The summed E-state index contributed by atoms with van der Waals surface area (Å²) in [6, 6.07) is 9.39. The van der Waals surface area contributed by atoms with Gasteiger partial charge in [0, 0.05) is 18.5 Å². The van der Waals surface area contributed by atoms with Crippen molar-refractivity contribution in [2.45, 2.75) is 19.6 Å². The molecular weight excluding hydrogens is 314 g/mol. The van der Waals surface area contributed by atoms with Gasteiger partial charge in [-0.05, 0) is 5.21 Å². The predicted octanol–water partition coefficient (Wildman–Crippen LogP) is -0.426. The van der Waals surface area contributed by atoms with Crippen LogP contribution in [0.1, 0.15) is 11.7 Å². The molecule has 3 aromatic rings. The van der Waals surface area contributed by atoms with E-state index in [0.29, 0.717) is 24.6 Å². The van der Waals surface area contributed by atoms with Crippen LogP contribution in [0.3, 0.4) is 0 Å². The second-order valence-electron chi connectivity index (χ2n) is 4.87. The van der Waals surface area contributed by atoms with E-state index >= 15 is 0 Å². The number of amides is 1. The molecule has 0 saturated carbocycles. The fourth-order valence-electron chi connectivity index (χ4n) is 1.97. The summed E-state index contributed by atoms with van der Waals surface area (Å²) < 4.78 is 4.76. The van der Waals surface area contributed by atoms with E-state index in [-0.39, 0.29) is 24.9 Å². The number of nitrogens with one attached hydrogen (secondary N) is 1. The van der Waals surface area contributed by atoms with E-state index in [4.69, 9.17) is 9.63 Å². The van der Waals surface area contributed by atoms with Crippen LogP contribution in [0.15, 0.2) is 34.9 Å². The number of aromatic nitrogens is 6. The number of carbonyl (C=O) groups is 1. The summed E-state index contributed by atoms with van der Waals surface area (Å²) in [7, 11) is 0. The van der Waals surface area contributed by atoms with Gasteiger partial charge in [0.15, 0.2) is 5.82 Å². The quantitative estimate of drug-likeness (QED) is 0.597. The molecule has 3 rings (SSSR count). The Morgan fingerprint density at radius 3 is 2.88 bits per heavy atom. The van der Waals surface area contributed by atoms with Gasteiger partial charge < -0.3 is 14.9 Å². The van der Waals surface area contributed by atoms with E-state index < -0.39 is 0 Å². The molecule has 0 spiro atoms. The average Bonchev–Trinajstić information content (AvgIpc) is 3.25. The summed E-state index contributed by atoms with van der Waals surface area (Å²) in [6.07, 6.45) is 0.398. The normalized spacial score (nSPS) is 10.7. The molecule has 0 saturated heterocycles. The van der Waals surface area contributed by atoms with Crippen molar-refractivity contribution in [2.75, 3.05) is 6.54 Å². The second kappa shape index (κ2) is 7.42. The number of hydrogen-bond donors (Lipinski definition) is 2. The van der Waals surface area contributed by atoms with Crippen LogP contribution in [0.4, 0.5) is 0 Å². The van der Waals surface area contributed by atoms with Gasteiger partial charge in [-0.3, -0.25) is 4.79 Å². The maximum Gasteiger partial charge on any atom is 0.252 e. The Kier molecular flexibility index (Phi) is 4.87. The average molecular weight is 329 g/mol. The molecule has 124 valence electrons. The molecule has 24 heavy (non-hydrogen) atoms. The van der Waals surface area contributed by atoms with Gasteiger partial charge >= 0.3 is 0 Å². The SMILES string of the molecule is O=C(Cn1nnc(-c2ccccc2)n1)NCCc1noc(CO)n1. The molecule has 0 aliphatic heterocycles. The third-order valence-electron chi connectivity index (χ3n) is 3.09. The Labute approximate surface area is 136 Å². The Morgan fingerprint density at radius 2 is 2.12 bits per heavy atom. The summed E-state index contributed by atoms with van der Waals surface area (Å²) >= 11 is 0. The summed E-state index contributed by atoms with van der Waals surface area (Å²) in [5, 5.41) is 27.1. The lowest BCUT2D eigenvalue weighted by molar-refractivity contribution is -0.122. The lowest BCUT2D eigenvalue weighted by Gasteiger charge is -2.02. The van der Waals surface area contributed by atoms with Gasteiger partial charge in [-0.15, -0.1) is 10.2 Å². The molecule has 0 fully saturated rings. The number of nitrogens with zero attached hydrogens (tertiary/aromatic N) is 6. The van der Waals surface area contributed by atoms with E-state index in [1.165, 1.54) is 4.80 Å². The van der Waals surface area contributed by atoms with Gasteiger partial charge in [-0.25, -0.2) is 0 Å². The van der Waals surface area contributed by atoms with E-state index in [1.54, 1.807) is 0 Å². The molecule has 2 N–H and O–H groups in total. The van der Waals surface area contributed by atoms with Gasteiger partial charge in [-0.1, -0.05) is 35.5 Å². The van der Waals surface area contributed by atoms with Crippen LogP contribution >= 0.6 is 0 Å². The van der Waals surface area contributed by atoms with Crippen molar-refractivity contribution in [1.82, 2.24) is 35.7 Å². The summed E-state index contributed by atoms with van der Waals surface area (Å²) in [6.45, 7) is -0.00147. The number of aliphatic hydroxyl groups excluding tert-OH is 1. The van der Waals surface area contributed by atoms with E-state index in [0.717, 1.165) is 5.56 Å². The van der Waals surface area contributed by atoms with Gasteiger partial charge in [0.1, 0.15) is 13.2 Å². The number of aliphatic hydroxyl groups is 1. The van der Waals surface area contributed by atoms with Crippen LogP contribution in [0.2, 0.25) is 0 Å². The number of rotatable bonds is 7. The van der Waals surface area contributed by atoms with E-state index in [2.05, 4.69) is 30.9 Å². The topological polar surface area (TPSA) is 132 Å². The van der Waals surface area contributed by atoms with Crippen molar-refractivity contribution in [3.05, 3.63) is 42.0 Å². The highest BCUT2D eigenvalue weighted by atomic mass is 16.5. The molecular formula is C14H15N7O3. The number of tetrazole rings is 1. The first kappa shape index (κ1) is 15.7. The highest BCUT2D eigenvalue weighted by Gasteiger charge is 2.10. The molecule has 10 nitrogen and oxygen atoms in total. The molecule has 10 heteroatoms. The molecule has 0 aliphatic carbocycles. The summed E-state index contributed by atoms with van der Waals surface area (Å²) in [5.74, 6) is 0.783. The summed E-state index contributed by atoms with van der Waals surface area (Å²) in [5.41, 5.74) is 0.834. The zero-order valence-corrected chi connectivity index (χ0v) is 12.7. The first-order chi connectivity index (χ1) is 11.7. The van der Waals surface area contributed by atoms with Crippen molar-refractivity contribution >= 4 is 5.91 Å². The first-order valence-electron chi connectivity index (χ1n) is 7.27. The van der Waals surface area contributed by atoms with Crippen molar-refractivity contribution in [2.24, 2.45) is 0 Å². The third-order valence-corrected chi connectivity index (χ3v) is 3.09. The molecule has 1 aromatic carbocycles. The van der Waals surface area contributed by atoms with Crippen LogP contribution < -0.4 is 5.32 Å². The number of carbonyl (C=O) groups excluding carboxylic acids is 1. The van der Waals surface area contributed by atoms with Crippen molar-refractivity contribution in [3.8, 4) is 11.4 Å². The minimum Gasteiger partial charge on any atom is -0.387 e. The van der Waals surface area contributed by atoms with Crippen LogP contribution in [-0.4, -0.2) is 47.9 Å². The predicted molar refractivity (Wildman–Crippen MR) is 80.2 cm³/mol. The van der Waals surface area contributed by atoms with Crippen LogP contribution in [-0.2, 0) is 24.4 Å². The fraction of sp³-hybridized carbons (Fsp3) is 0.286. The Morgan fingerprint density at radius 1 is 1.29 bits per heavy atom. The largest absolute Gasteiger partial charge is 0.387 e. The van der Waals surface area contributed by atoms with Gasteiger partial charge in [0.25, 0.3) is 5.89 Å². The van der Waals surface area contributed by atoms with Crippen molar-refractivity contribution < 1.29 is 14.4 Å². The van der Waals surface area contributed by atoms with Gasteiger partial charge in [0.05, 0.1) is 0 Å².